The highest BCUT2D eigenvalue weighted by Gasteiger charge is 2.27. The molecule has 25 heavy (non-hydrogen) atoms. The van der Waals surface area contributed by atoms with Gasteiger partial charge < -0.3 is 15.3 Å². The maximum atomic E-state index is 12.7. The number of aliphatic hydroxyl groups excluding tert-OH is 1. The monoisotopic (exact) mass is 343 g/mol. The van der Waals surface area contributed by atoms with Crippen LogP contribution in [0.1, 0.15) is 49.6 Å². The summed E-state index contributed by atoms with van der Waals surface area (Å²) in [5, 5.41) is 20.0. The lowest BCUT2D eigenvalue weighted by atomic mass is 9.94. The van der Waals surface area contributed by atoms with E-state index in [1.54, 1.807) is 4.90 Å². The van der Waals surface area contributed by atoms with Gasteiger partial charge in [-0.3, -0.25) is 5.10 Å². The second kappa shape index (κ2) is 8.62. The highest BCUT2D eigenvalue weighted by Crippen LogP contribution is 2.25. The van der Waals surface area contributed by atoms with Crippen LogP contribution in [0.4, 0.5) is 4.79 Å². The van der Waals surface area contributed by atoms with Gasteiger partial charge >= 0.3 is 6.03 Å². The first-order chi connectivity index (χ1) is 12.2. The molecule has 1 aliphatic rings. The lowest BCUT2D eigenvalue weighted by Crippen LogP contribution is -2.48. The van der Waals surface area contributed by atoms with E-state index in [1.807, 2.05) is 30.3 Å². The van der Waals surface area contributed by atoms with E-state index in [0.717, 1.165) is 31.2 Å². The number of carbonyl (C=O) groups excluding carboxylic acids is 1. The summed E-state index contributed by atoms with van der Waals surface area (Å²) in [6, 6.07) is 9.48. The molecule has 134 valence electrons. The van der Waals surface area contributed by atoms with E-state index < -0.39 is 6.10 Å². The second-order valence-corrected chi connectivity index (χ2v) is 6.46. The normalized spacial score (nSPS) is 16.4. The standard InChI is InChI=1S/C18H25N5O2/c24-16(14-7-3-1-4-8-14)12-23(15-9-5-2-6-10-15)18(25)19-11-17-20-13-21-22-17/h1,3-4,7-8,13,15-16,24H,2,5-6,9-12H2,(H,19,25)(H,20,21,22)/t16-/m1/s1. The van der Waals surface area contributed by atoms with Crippen molar-refractivity contribution in [3.8, 4) is 0 Å². The van der Waals surface area contributed by atoms with Crippen molar-refractivity contribution in [1.82, 2.24) is 25.4 Å². The third-order valence-electron chi connectivity index (χ3n) is 4.70. The summed E-state index contributed by atoms with van der Waals surface area (Å²) in [5.74, 6) is 0.612. The van der Waals surface area contributed by atoms with Crippen LogP contribution in [-0.4, -0.2) is 43.8 Å². The molecule has 0 aliphatic heterocycles. The van der Waals surface area contributed by atoms with Gasteiger partial charge in [0, 0.05) is 6.04 Å². The molecule has 3 rings (SSSR count). The average molecular weight is 343 g/mol. The highest BCUT2D eigenvalue weighted by atomic mass is 16.3. The Labute approximate surface area is 147 Å². The van der Waals surface area contributed by atoms with Crippen LogP contribution < -0.4 is 5.32 Å². The summed E-state index contributed by atoms with van der Waals surface area (Å²) in [6.45, 7) is 0.584. The van der Waals surface area contributed by atoms with E-state index in [2.05, 4.69) is 20.5 Å². The Morgan fingerprint density at radius 1 is 1.28 bits per heavy atom. The molecule has 7 heteroatoms. The molecule has 1 saturated carbocycles. The second-order valence-electron chi connectivity index (χ2n) is 6.46. The SMILES string of the molecule is O=C(NCc1ncn[nH]1)N(C[C@@H](O)c1ccccc1)C1CCCCC1. The Kier molecular flexibility index (Phi) is 6.00. The number of hydrogen-bond acceptors (Lipinski definition) is 4. The van der Waals surface area contributed by atoms with Crippen molar-refractivity contribution in [3.05, 3.63) is 48.0 Å². The minimum atomic E-state index is -0.695. The van der Waals surface area contributed by atoms with Crippen molar-refractivity contribution in [2.75, 3.05) is 6.54 Å². The summed E-state index contributed by atoms with van der Waals surface area (Å²) in [4.78, 5) is 18.6. The maximum absolute atomic E-state index is 12.7. The molecule has 1 aromatic heterocycles. The molecule has 0 saturated heterocycles. The maximum Gasteiger partial charge on any atom is 0.318 e. The zero-order chi connectivity index (χ0) is 17.5. The molecular formula is C18H25N5O2. The fraction of sp³-hybridized carbons (Fsp3) is 0.500. The van der Waals surface area contributed by atoms with Gasteiger partial charge in [0.05, 0.1) is 19.2 Å². The number of nitrogens with zero attached hydrogens (tertiary/aromatic N) is 3. The van der Waals surface area contributed by atoms with E-state index in [-0.39, 0.29) is 18.6 Å². The number of carbonyl (C=O) groups is 1. The van der Waals surface area contributed by atoms with Gasteiger partial charge in [0.2, 0.25) is 0 Å². The number of nitrogens with one attached hydrogen (secondary N) is 2. The molecule has 0 bridgehead atoms. The predicted molar refractivity (Wildman–Crippen MR) is 93.6 cm³/mol. The first-order valence-corrected chi connectivity index (χ1v) is 8.86. The van der Waals surface area contributed by atoms with Crippen LogP contribution in [0.2, 0.25) is 0 Å². The molecule has 3 N–H and O–H groups in total. The predicted octanol–water partition coefficient (Wildman–Crippen LogP) is 2.38. The molecule has 1 heterocycles. The van der Waals surface area contributed by atoms with Crippen molar-refractivity contribution < 1.29 is 9.90 Å². The number of amides is 2. The number of urea groups is 1. The van der Waals surface area contributed by atoms with Crippen LogP contribution in [0.15, 0.2) is 36.7 Å². The van der Waals surface area contributed by atoms with Crippen LogP contribution in [0.3, 0.4) is 0 Å². The summed E-state index contributed by atoms with van der Waals surface area (Å²) < 4.78 is 0. The third kappa shape index (κ3) is 4.79. The smallest absolute Gasteiger partial charge is 0.318 e. The molecular weight excluding hydrogens is 318 g/mol. The lowest BCUT2D eigenvalue weighted by Gasteiger charge is -2.35. The number of H-pyrrole nitrogens is 1. The van der Waals surface area contributed by atoms with Gasteiger partial charge in [-0.15, -0.1) is 0 Å². The fourth-order valence-electron chi connectivity index (χ4n) is 3.33. The molecule has 0 spiro atoms. The van der Waals surface area contributed by atoms with Crippen LogP contribution in [0, 0.1) is 0 Å². The number of hydrogen-bond donors (Lipinski definition) is 3. The molecule has 2 amide bonds. The van der Waals surface area contributed by atoms with Crippen LogP contribution in [0.5, 0.6) is 0 Å². The number of benzene rings is 1. The molecule has 2 aromatic rings. The van der Waals surface area contributed by atoms with Gasteiger partial charge in [-0.25, -0.2) is 9.78 Å². The Morgan fingerprint density at radius 2 is 2.04 bits per heavy atom. The van der Waals surface area contributed by atoms with Crippen LogP contribution >= 0.6 is 0 Å². The van der Waals surface area contributed by atoms with E-state index in [0.29, 0.717) is 12.4 Å². The van der Waals surface area contributed by atoms with Crippen LogP contribution in [0.25, 0.3) is 0 Å². The first-order valence-electron chi connectivity index (χ1n) is 8.86. The van der Waals surface area contributed by atoms with E-state index in [9.17, 15) is 9.90 Å². The van der Waals surface area contributed by atoms with E-state index in [1.165, 1.54) is 12.7 Å². The number of rotatable bonds is 6. The molecule has 1 fully saturated rings. The van der Waals surface area contributed by atoms with Gasteiger partial charge in [-0.05, 0) is 18.4 Å². The molecule has 0 radical (unpaired) electrons. The molecule has 1 aromatic carbocycles. The van der Waals surface area contributed by atoms with Crippen molar-refractivity contribution in [1.29, 1.82) is 0 Å². The van der Waals surface area contributed by atoms with Gasteiger partial charge in [-0.2, -0.15) is 5.10 Å². The highest BCUT2D eigenvalue weighted by molar-refractivity contribution is 5.74. The van der Waals surface area contributed by atoms with Crippen molar-refractivity contribution in [2.45, 2.75) is 50.8 Å². The van der Waals surface area contributed by atoms with Crippen LogP contribution in [-0.2, 0) is 6.54 Å². The summed E-state index contributed by atoms with van der Waals surface area (Å²) >= 11 is 0. The number of aliphatic hydroxyl groups is 1. The molecule has 0 unspecified atom stereocenters. The summed E-state index contributed by atoms with van der Waals surface area (Å²) in [5.41, 5.74) is 0.825. The Hall–Kier alpha value is -2.41. The topological polar surface area (TPSA) is 94.1 Å². The van der Waals surface area contributed by atoms with Gasteiger partial charge in [0.1, 0.15) is 12.2 Å². The summed E-state index contributed by atoms with van der Waals surface area (Å²) in [6.07, 6.45) is 6.15. The average Bonchev–Trinajstić information content (AvgIpc) is 3.19. The van der Waals surface area contributed by atoms with E-state index in [4.69, 9.17) is 0 Å². The molecule has 1 atom stereocenters. The Balaban J connectivity index is 1.66. The quantitative estimate of drug-likeness (QED) is 0.750. The molecule has 1 aliphatic carbocycles. The zero-order valence-corrected chi connectivity index (χ0v) is 14.3. The van der Waals surface area contributed by atoms with Crippen molar-refractivity contribution >= 4 is 6.03 Å². The molecule has 7 nitrogen and oxygen atoms in total. The lowest BCUT2D eigenvalue weighted by molar-refractivity contribution is 0.0899. The third-order valence-corrected chi connectivity index (χ3v) is 4.70. The van der Waals surface area contributed by atoms with Crippen molar-refractivity contribution in [3.63, 3.8) is 0 Å². The number of aromatic nitrogens is 3. The minimum Gasteiger partial charge on any atom is -0.387 e. The zero-order valence-electron chi connectivity index (χ0n) is 14.3. The minimum absolute atomic E-state index is 0.168. The van der Waals surface area contributed by atoms with Gasteiger partial charge in [0.25, 0.3) is 0 Å². The Morgan fingerprint density at radius 3 is 2.72 bits per heavy atom. The van der Waals surface area contributed by atoms with Gasteiger partial charge in [0.15, 0.2) is 0 Å². The first kappa shape index (κ1) is 17.4. The summed E-state index contributed by atoms with van der Waals surface area (Å²) in [7, 11) is 0. The van der Waals surface area contributed by atoms with Gasteiger partial charge in [-0.1, -0.05) is 49.6 Å². The fourth-order valence-corrected chi connectivity index (χ4v) is 3.33. The largest absolute Gasteiger partial charge is 0.387 e. The Bertz CT molecular complexity index is 641. The van der Waals surface area contributed by atoms with Crippen molar-refractivity contribution in [2.24, 2.45) is 0 Å². The number of aromatic amines is 1. The van der Waals surface area contributed by atoms with E-state index >= 15 is 0 Å².